The summed E-state index contributed by atoms with van der Waals surface area (Å²) >= 11 is 0. The first-order valence-electron chi connectivity index (χ1n) is 2.64. The Morgan fingerprint density at radius 2 is 2.30 bits per heavy atom. The standard InChI is InChI=1S/C5H7NO4/c7-5(8)3-1-2-4-6(9)10/h1,3H,2,4H2,(H,7,8). The third-order valence-electron chi connectivity index (χ3n) is 0.739. The van der Waals surface area contributed by atoms with Crippen LogP contribution in [0.15, 0.2) is 12.2 Å². The zero-order chi connectivity index (χ0) is 7.98. The van der Waals surface area contributed by atoms with Crippen LogP contribution in [0.25, 0.3) is 0 Å². The highest BCUT2D eigenvalue weighted by molar-refractivity contribution is 5.79. The fourth-order valence-corrected chi connectivity index (χ4v) is 0.364. The maximum absolute atomic E-state index is 9.79. The van der Waals surface area contributed by atoms with Crippen LogP contribution in [0.2, 0.25) is 0 Å². The van der Waals surface area contributed by atoms with Gasteiger partial charge in [0.15, 0.2) is 0 Å². The van der Waals surface area contributed by atoms with Gasteiger partial charge in [-0.15, -0.1) is 0 Å². The summed E-state index contributed by atoms with van der Waals surface area (Å²) in [4.78, 5) is 19.0. The molecule has 0 aromatic carbocycles. The van der Waals surface area contributed by atoms with E-state index in [1.165, 1.54) is 6.08 Å². The zero-order valence-electron chi connectivity index (χ0n) is 5.19. The second-order valence-electron chi connectivity index (χ2n) is 1.59. The van der Waals surface area contributed by atoms with Gasteiger partial charge in [-0.1, -0.05) is 6.08 Å². The van der Waals surface area contributed by atoms with Gasteiger partial charge in [0.2, 0.25) is 6.54 Å². The van der Waals surface area contributed by atoms with E-state index in [1.54, 1.807) is 0 Å². The van der Waals surface area contributed by atoms with Gasteiger partial charge in [0.05, 0.1) is 0 Å². The molecule has 0 aromatic rings. The van der Waals surface area contributed by atoms with Crippen molar-refractivity contribution in [2.24, 2.45) is 0 Å². The van der Waals surface area contributed by atoms with Crippen molar-refractivity contribution in [1.29, 1.82) is 0 Å². The van der Waals surface area contributed by atoms with Crippen molar-refractivity contribution in [3.63, 3.8) is 0 Å². The van der Waals surface area contributed by atoms with Gasteiger partial charge in [-0.25, -0.2) is 4.79 Å². The van der Waals surface area contributed by atoms with Gasteiger partial charge in [0, 0.05) is 17.4 Å². The summed E-state index contributed by atoms with van der Waals surface area (Å²) in [5.41, 5.74) is 0. The second-order valence-corrected chi connectivity index (χ2v) is 1.59. The van der Waals surface area contributed by atoms with Gasteiger partial charge in [-0.3, -0.25) is 10.1 Å². The Morgan fingerprint density at radius 1 is 1.70 bits per heavy atom. The molecule has 0 unspecified atom stereocenters. The number of nitrogens with zero attached hydrogens (tertiary/aromatic N) is 1. The molecule has 0 aliphatic heterocycles. The third kappa shape index (κ3) is 6.61. The number of hydrogen-bond donors (Lipinski definition) is 1. The van der Waals surface area contributed by atoms with Crippen molar-refractivity contribution >= 4 is 5.97 Å². The van der Waals surface area contributed by atoms with Crippen LogP contribution in [0.4, 0.5) is 0 Å². The van der Waals surface area contributed by atoms with Crippen LogP contribution in [0.3, 0.4) is 0 Å². The predicted octanol–water partition coefficient (Wildman–Crippen LogP) is 0.294. The molecular formula is C5H7NO4. The van der Waals surface area contributed by atoms with E-state index in [1.807, 2.05) is 0 Å². The summed E-state index contributed by atoms with van der Waals surface area (Å²) in [6.45, 7) is -0.218. The van der Waals surface area contributed by atoms with Crippen LogP contribution >= 0.6 is 0 Å². The maximum atomic E-state index is 9.79. The Morgan fingerprint density at radius 3 is 2.70 bits per heavy atom. The topological polar surface area (TPSA) is 80.4 Å². The van der Waals surface area contributed by atoms with Gasteiger partial charge in [-0.05, 0) is 0 Å². The van der Waals surface area contributed by atoms with Gasteiger partial charge in [0.25, 0.3) is 0 Å². The van der Waals surface area contributed by atoms with Crippen LogP contribution in [0.5, 0.6) is 0 Å². The van der Waals surface area contributed by atoms with Crippen LogP contribution in [0, 0.1) is 10.1 Å². The van der Waals surface area contributed by atoms with E-state index in [9.17, 15) is 14.9 Å². The van der Waals surface area contributed by atoms with Crippen molar-refractivity contribution in [2.75, 3.05) is 6.54 Å². The van der Waals surface area contributed by atoms with E-state index < -0.39 is 10.9 Å². The molecule has 0 rings (SSSR count). The quantitative estimate of drug-likeness (QED) is 0.350. The summed E-state index contributed by atoms with van der Waals surface area (Å²) in [5, 5.41) is 17.7. The lowest BCUT2D eigenvalue weighted by Crippen LogP contribution is -1.98. The summed E-state index contributed by atoms with van der Waals surface area (Å²) in [6.07, 6.45) is 2.31. The minimum atomic E-state index is -1.08. The molecule has 0 aliphatic carbocycles. The number of nitro groups is 1. The summed E-state index contributed by atoms with van der Waals surface area (Å²) in [6, 6.07) is 0. The molecule has 0 saturated heterocycles. The highest BCUT2D eigenvalue weighted by Crippen LogP contribution is 1.82. The van der Waals surface area contributed by atoms with Crippen molar-refractivity contribution in [3.05, 3.63) is 22.3 Å². The molecule has 0 spiro atoms. The molecule has 0 fully saturated rings. The van der Waals surface area contributed by atoms with E-state index in [0.717, 1.165) is 6.08 Å². The summed E-state index contributed by atoms with van der Waals surface area (Å²) < 4.78 is 0. The Hall–Kier alpha value is -1.39. The maximum Gasteiger partial charge on any atom is 0.327 e. The van der Waals surface area contributed by atoms with Crippen molar-refractivity contribution < 1.29 is 14.8 Å². The molecule has 0 saturated carbocycles. The normalized spacial score (nSPS) is 10.0. The average Bonchev–Trinajstić information content (AvgIpc) is 1.79. The third-order valence-corrected chi connectivity index (χ3v) is 0.739. The van der Waals surface area contributed by atoms with E-state index in [2.05, 4.69) is 0 Å². The van der Waals surface area contributed by atoms with Crippen LogP contribution in [-0.2, 0) is 4.79 Å². The molecule has 5 nitrogen and oxygen atoms in total. The van der Waals surface area contributed by atoms with E-state index in [0.29, 0.717) is 0 Å². The fourth-order valence-electron chi connectivity index (χ4n) is 0.364. The average molecular weight is 145 g/mol. The monoisotopic (exact) mass is 145 g/mol. The molecule has 10 heavy (non-hydrogen) atoms. The highest BCUT2D eigenvalue weighted by Gasteiger charge is 1.92. The molecule has 0 aromatic heterocycles. The summed E-state index contributed by atoms with van der Waals surface area (Å²) in [5.74, 6) is -1.08. The fraction of sp³-hybridized carbons (Fsp3) is 0.400. The van der Waals surface area contributed by atoms with Crippen LogP contribution in [-0.4, -0.2) is 22.5 Å². The predicted molar refractivity (Wildman–Crippen MR) is 33.3 cm³/mol. The van der Waals surface area contributed by atoms with E-state index in [4.69, 9.17) is 5.11 Å². The van der Waals surface area contributed by atoms with Crippen LogP contribution in [0.1, 0.15) is 6.42 Å². The number of aliphatic carboxylic acids is 1. The summed E-state index contributed by atoms with van der Waals surface area (Å²) in [7, 11) is 0. The molecule has 0 heterocycles. The smallest absolute Gasteiger partial charge is 0.327 e. The van der Waals surface area contributed by atoms with Gasteiger partial charge < -0.3 is 5.11 Å². The molecule has 0 bridgehead atoms. The number of carboxylic acids is 1. The van der Waals surface area contributed by atoms with Crippen LogP contribution < -0.4 is 0 Å². The lowest BCUT2D eigenvalue weighted by Gasteiger charge is -1.84. The molecule has 0 radical (unpaired) electrons. The molecular weight excluding hydrogens is 138 g/mol. The van der Waals surface area contributed by atoms with Crippen molar-refractivity contribution in [2.45, 2.75) is 6.42 Å². The first kappa shape index (κ1) is 8.61. The lowest BCUT2D eigenvalue weighted by molar-refractivity contribution is -0.478. The SMILES string of the molecule is O=C(O)C=CCC[N+](=O)[O-]. The van der Waals surface area contributed by atoms with Gasteiger partial charge in [-0.2, -0.15) is 0 Å². The number of carbonyl (C=O) groups is 1. The Bertz CT molecular complexity index is 163. The molecule has 5 heteroatoms. The van der Waals surface area contributed by atoms with Crippen molar-refractivity contribution in [1.82, 2.24) is 0 Å². The zero-order valence-corrected chi connectivity index (χ0v) is 5.19. The van der Waals surface area contributed by atoms with Gasteiger partial charge >= 0.3 is 5.97 Å². The Kier molecular flexibility index (Phi) is 3.86. The largest absolute Gasteiger partial charge is 0.478 e. The second kappa shape index (κ2) is 4.49. The lowest BCUT2D eigenvalue weighted by atomic mass is 10.4. The number of rotatable bonds is 4. The molecule has 0 amide bonds. The molecule has 0 aliphatic rings. The first-order valence-corrected chi connectivity index (χ1v) is 2.64. The Labute approximate surface area is 57.1 Å². The van der Waals surface area contributed by atoms with Gasteiger partial charge in [0.1, 0.15) is 0 Å². The first-order chi connectivity index (χ1) is 4.63. The number of carboxylic acid groups (broad SMARTS) is 1. The minimum Gasteiger partial charge on any atom is -0.478 e. The highest BCUT2D eigenvalue weighted by atomic mass is 16.6. The Balaban J connectivity index is 3.36. The van der Waals surface area contributed by atoms with E-state index >= 15 is 0 Å². The minimum absolute atomic E-state index is 0.166. The molecule has 1 N–H and O–H groups in total. The molecule has 56 valence electrons. The van der Waals surface area contributed by atoms with E-state index in [-0.39, 0.29) is 13.0 Å². The van der Waals surface area contributed by atoms with Crippen molar-refractivity contribution in [3.8, 4) is 0 Å². The molecule has 0 atom stereocenters. The number of hydrogen-bond acceptors (Lipinski definition) is 3.